The van der Waals surface area contributed by atoms with Crippen molar-refractivity contribution >= 4 is 34.6 Å². The van der Waals surface area contributed by atoms with Crippen molar-refractivity contribution < 1.29 is 14.4 Å². The predicted molar refractivity (Wildman–Crippen MR) is 141 cm³/mol. The maximum absolute atomic E-state index is 13.1. The van der Waals surface area contributed by atoms with Crippen LogP contribution in [0.1, 0.15) is 45.8 Å². The Kier molecular flexibility index (Phi) is 7.05. The van der Waals surface area contributed by atoms with E-state index in [1.165, 1.54) is 24.9 Å². The van der Waals surface area contributed by atoms with Gasteiger partial charge in [0.15, 0.2) is 0 Å². The van der Waals surface area contributed by atoms with Gasteiger partial charge in [0.25, 0.3) is 11.8 Å². The van der Waals surface area contributed by atoms with Gasteiger partial charge in [-0.2, -0.15) is 5.10 Å². The first-order valence-electron chi connectivity index (χ1n) is 12.3. The number of aromatic nitrogens is 5. The van der Waals surface area contributed by atoms with Crippen molar-refractivity contribution in [2.75, 3.05) is 30.3 Å². The van der Waals surface area contributed by atoms with E-state index in [1.54, 1.807) is 42.2 Å². The number of aryl methyl sites for hydroxylation is 1. The van der Waals surface area contributed by atoms with E-state index in [-0.39, 0.29) is 17.5 Å². The Bertz CT molecular complexity index is 1510. The minimum Gasteiger partial charge on any atom is -0.364 e. The van der Waals surface area contributed by atoms with Gasteiger partial charge in [-0.25, -0.2) is 4.52 Å². The van der Waals surface area contributed by atoms with Crippen molar-refractivity contribution in [1.29, 1.82) is 0 Å². The molecule has 0 bridgehead atoms. The third-order valence-electron chi connectivity index (χ3n) is 6.40. The molecule has 4 aromatic heterocycles. The summed E-state index contributed by atoms with van der Waals surface area (Å²) in [7, 11) is 0. The Morgan fingerprint density at radius 3 is 2.53 bits per heavy atom. The van der Waals surface area contributed by atoms with Crippen molar-refractivity contribution in [3.63, 3.8) is 0 Å². The number of nitrogens with one attached hydrogen (secondary N) is 2. The smallest absolute Gasteiger partial charge is 0.267 e. The Labute approximate surface area is 218 Å². The van der Waals surface area contributed by atoms with Gasteiger partial charge in [-0.3, -0.25) is 34.2 Å². The topological polar surface area (TPSA) is 160 Å². The summed E-state index contributed by atoms with van der Waals surface area (Å²) in [5.74, 6) is -1.11. The number of primary amides is 1. The molecule has 12 nitrogen and oxygen atoms in total. The Balaban J connectivity index is 1.29. The molecule has 1 saturated heterocycles. The van der Waals surface area contributed by atoms with Crippen LogP contribution in [-0.2, 0) is 4.79 Å². The summed E-state index contributed by atoms with van der Waals surface area (Å²) in [6.07, 6.45) is 11.2. The summed E-state index contributed by atoms with van der Waals surface area (Å²) >= 11 is 0. The summed E-state index contributed by atoms with van der Waals surface area (Å²) in [6.45, 7) is 3.96. The number of amides is 3. The van der Waals surface area contributed by atoms with Crippen LogP contribution in [-0.4, -0.2) is 66.8 Å². The molecule has 194 valence electrons. The third-order valence-corrected chi connectivity index (χ3v) is 6.40. The van der Waals surface area contributed by atoms with E-state index in [1.807, 2.05) is 0 Å². The lowest BCUT2D eigenvalue weighted by Gasteiger charge is -2.25. The van der Waals surface area contributed by atoms with Gasteiger partial charge >= 0.3 is 0 Å². The molecular formula is C26H27N9O3. The first-order valence-corrected chi connectivity index (χ1v) is 12.3. The second-order valence-corrected chi connectivity index (χ2v) is 9.15. The average Bonchev–Trinajstić information content (AvgIpc) is 3.35. The van der Waals surface area contributed by atoms with Gasteiger partial charge in [-0.15, -0.1) is 0 Å². The van der Waals surface area contributed by atoms with Crippen LogP contribution in [0.5, 0.6) is 0 Å². The van der Waals surface area contributed by atoms with E-state index in [9.17, 15) is 14.4 Å². The largest absolute Gasteiger partial charge is 0.364 e. The summed E-state index contributed by atoms with van der Waals surface area (Å²) in [6, 6.07) is 4.90. The lowest BCUT2D eigenvalue weighted by atomic mass is 10.1. The normalized spacial score (nSPS) is 13.8. The third kappa shape index (κ3) is 5.49. The van der Waals surface area contributed by atoms with Crippen LogP contribution in [0.2, 0.25) is 0 Å². The standard InChI is InChI=1S/C26H27N9O3/c1-16-21(9-18(11-28-16)32-24(36)15-34-7-3-2-4-8-34)33-26(38)19-12-31-35-14-22(30-13-23(19)35)17-5-6-20(25(27)37)29-10-17/h5-6,9-14H,2-4,7-8,15H2,1H3,(H2,27,37)(H,32,36)(H,33,38). The number of nitrogens with zero attached hydrogens (tertiary/aromatic N) is 6. The van der Waals surface area contributed by atoms with Gasteiger partial charge in [-0.05, 0) is 51.1 Å². The van der Waals surface area contributed by atoms with E-state index in [0.29, 0.717) is 46.0 Å². The molecule has 1 aliphatic heterocycles. The number of anilines is 2. The molecule has 0 unspecified atom stereocenters. The van der Waals surface area contributed by atoms with Gasteiger partial charge in [-0.1, -0.05) is 6.42 Å². The van der Waals surface area contributed by atoms with Crippen LogP contribution in [0.4, 0.5) is 11.4 Å². The highest BCUT2D eigenvalue weighted by atomic mass is 16.2. The number of pyridine rings is 2. The fourth-order valence-electron chi connectivity index (χ4n) is 4.34. The fraction of sp³-hybridized carbons (Fsp3) is 0.269. The highest BCUT2D eigenvalue weighted by Gasteiger charge is 2.17. The maximum atomic E-state index is 13.1. The molecule has 0 aliphatic carbocycles. The van der Waals surface area contributed by atoms with E-state index in [4.69, 9.17) is 5.73 Å². The van der Waals surface area contributed by atoms with Crippen molar-refractivity contribution in [3.8, 4) is 11.3 Å². The highest BCUT2D eigenvalue weighted by Crippen LogP contribution is 2.22. The molecule has 0 radical (unpaired) electrons. The van der Waals surface area contributed by atoms with Gasteiger partial charge in [0.2, 0.25) is 5.91 Å². The number of nitrogens with two attached hydrogens (primary N) is 1. The number of carbonyl (C=O) groups excluding carboxylic acids is 3. The second-order valence-electron chi connectivity index (χ2n) is 9.15. The number of hydrogen-bond donors (Lipinski definition) is 3. The fourth-order valence-corrected chi connectivity index (χ4v) is 4.34. The molecule has 5 heterocycles. The molecule has 4 N–H and O–H groups in total. The molecule has 0 saturated carbocycles. The van der Waals surface area contributed by atoms with Gasteiger partial charge < -0.3 is 16.4 Å². The lowest BCUT2D eigenvalue weighted by Crippen LogP contribution is -2.36. The average molecular weight is 514 g/mol. The zero-order valence-corrected chi connectivity index (χ0v) is 20.8. The van der Waals surface area contributed by atoms with Crippen LogP contribution in [0.3, 0.4) is 0 Å². The number of piperidine rings is 1. The van der Waals surface area contributed by atoms with Gasteiger partial charge in [0.05, 0.1) is 65.2 Å². The van der Waals surface area contributed by atoms with Crippen LogP contribution < -0.4 is 16.4 Å². The van der Waals surface area contributed by atoms with Crippen molar-refractivity contribution in [2.45, 2.75) is 26.2 Å². The first kappa shape index (κ1) is 25.0. The Morgan fingerprint density at radius 2 is 1.79 bits per heavy atom. The maximum Gasteiger partial charge on any atom is 0.267 e. The van der Waals surface area contributed by atoms with Crippen molar-refractivity contribution in [3.05, 3.63) is 66.1 Å². The van der Waals surface area contributed by atoms with Crippen LogP contribution in [0, 0.1) is 6.92 Å². The predicted octanol–water partition coefficient (Wildman–Crippen LogP) is 2.27. The monoisotopic (exact) mass is 513 g/mol. The quantitative estimate of drug-likeness (QED) is 0.339. The molecule has 3 amide bonds. The molecular weight excluding hydrogens is 486 g/mol. The van der Waals surface area contributed by atoms with E-state index >= 15 is 0 Å². The zero-order valence-electron chi connectivity index (χ0n) is 20.8. The summed E-state index contributed by atoms with van der Waals surface area (Å²) < 4.78 is 1.54. The van der Waals surface area contributed by atoms with Gasteiger partial charge in [0, 0.05) is 11.8 Å². The number of hydrogen-bond acceptors (Lipinski definition) is 8. The van der Waals surface area contributed by atoms with Crippen LogP contribution in [0.25, 0.3) is 16.8 Å². The first-order chi connectivity index (χ1) is 18.4. The summed E-state index contributed by atoms with van der Waals surface area (Å²) in [4.78, 5) is 51.8. The number of likely N-dealkylation sites (tertiary alicyclic amines) is 1. The molecule has 5 rings (SSSR count). The summed E-state index contributed by atoms with van der Waals surface area (Å²) in [5, 5.41) is 10.0. The highest BCUT2D eigenvalue weighted by molar-refractivity contribution is 6.09. The minimum absolute atomic E-state index is 0.112. The molecule has 1 fully saturated rings. The van der Waals surface area contributed by atoms with Crippen LogP contribution in [0.15, 0.2) is 49.2 Å². The van der Waals surface area contributed by atoms with Crippen molar-refractivity contribution in [1.82, 2.24) is 29.5 Å². The Hall–Kier alpha value is -4.71. The number of fused-ring (bicyclic) bond motifs is 1. The lowest BCUT2D eigenvalue weighted by molar-refractivity contribution is -0.117. The van der Waals surface area contributed by atoms with Crippen LogP contribution >= 0.6 is 0 Å². The summed E-state index contributed by atoms with van der Waals surface area (Å²) in [5.41, 5.74) is 9.05. The molecule has 12 heteroatoms. The van der Waals surface area contributed by atoms with E-state index < -0.39 is 5.91 Å². The minimum atomic E-state index is -0.613. The van der Waals surface area contributed by atoms with E-state index in [2.05, 4.69) is 35.6 Å². The number of rotatable bonds is 7. The van der Waals surface area contributed by atoms with Crippen molar-refractivity contribution in [2.24, 2.45) is 5.73 Å². The SMILES string of the molecule is Cc1ncc(NC(=O)CN2CCCCC2)cc1NC(=O)c1cnn2cc(-c3ccc(C(N)=O)nc3)ncc12. The molecule has 0 aromatic carbocycles. The second kappa shape index (κ2) is 10.7. The molecule has 0 atom stereocenters. The Morgan fingerprint density at radius 1 is 0.974 bits per heavy atom. The molecule has 0 spiro atoms. The van der Waals surface area contributed by atoms with Gasteiger partial charge in [0.1, 0.15) is 5.69 Å². The van der Waals surface area contributed by atoms with E-state index in [0.717, 1.165) is 25.9 Å². The molecule has 38 heavy (non-hydrogen) atoms. The molecule has 1 aliphatic rings. The zero-order chi connectivity index (χ0) is 26.6. The molecule has 4 aromatic rings. The number of carbonyl (C=O) groups is 3.